The van der Waals surface area contributed by atoms with Crippen molar-refractivity contribution in [3.8, 4) is 17.6 Å². The van der Waals surface area contributed by atoms with Crippen molar-refractivity contribution in [2.45, 2.75) is 24.1 Å². The van der Waals surface area contributed by atoms with Gasteiger partial charge in [-0.05, 0) is 31.0 Å². The van der Waals surface area contributed by atoms with Crippen LogP contribution in [0.1, 0.15) is 27.6 Å². The van der Waals surface area contributed by atoms with Gasteiger partial charge in [0.2, 0.25) is 5.91 Å². The lowest BCUT2D eigenvalue weighted by atomic mass is 10.1. The molecule has 3 aromatic rings. The predicted octanol–water partition coefficient (Wildman–Crippen LogP) is 5.71. The number of hydrogen-bond donors (Lipinski definition) is 1. The molecule has 32 heavy (non-hydrogen) atoms. The van der Waals surface area contributed by atoms with E-state index in [0.29, 0.717) is 32.8 Å². The SMILES string of the molecule is COc1cc(NC(=O)[C@H](Sc2nc(C)cc(C)c2C#N)c2ccccc2)c(OC)cc1Cl. The number of benzene rings is 2. The van der Waals surface area contributed by atoms with Crippen LogP contribution in [0.2, 0.25) is 5.02 Å². The first-order valence-corrected chi connectivity index (χ1v) is 11.0. The van der Waals surface area contributed by atoms with Crippen LogP contribution < -0.4 is 14.8 Å². The topological polar surface area (TPSA) is 84.2 Å². The van der Waals surface area contributed by atoms with E-state index in [9.17, 15) is 10.1 Å². The van der Waals surface area contributed by atoms with Crippen molar-refractivity contribution in [3.63, 3.8) is 0 Å². The number of hydrogen-bond acceptors (Lipinski definition) is 6. The third-order valence-corrected chi connectivity index (χ3v) is 6.26. The molecule has 0 spiro atoms. The highest BCUT2D eigenvalue weighted by atomic mass is 35.5. The molecule has 0 aliphatic rings. The Morgan fingerprint density at radius 2 is 1.81 bits per heavy atom. The Labute approximate surface area is 196 Å². The van der Waals surface area contributed by atoms with E-state index in [1.165, 1.54) is 26.0 Å². The van der Waals surface area contributed by atoms with Crippen molar-refractivity contribution in [1.82, 2.24) is 4.98 Å². The van der Waals surface area contributed by atoms with Crippen LogP contribution in [0.25, 0.3) is 0 Å². The van der Waals surface area contributed by atoms with Gasteiger partial charge in [-0.1, -0.05) is 53.7 Å². The van der Waals surface area contributed by atoms with Crippen LogP contribution in [0, 0.1) is 25.2 Å². The van der Waals surface area contributed by atoms with Gasteiger partial charge in [0.1, 0.15) is 27.8 Å². The fourth-order valence-corrected chi connectivity index (χ4v) is 4.63. The van der Waals surface area contributed by atoms with Gasteiger partial charge in [0, 0.05) is 17.8 Å². The molecule has 0 bridgehead atoms. The summed E-state index contributed by atoms with van der Waals surface area (Å²) in [5.74, 6) is 0.520. The summed E-state index contributed by atoms with van der Waals surface area (Å²) >= 11 is 7.42. The predicted molar refractivity (Wildman–Crippen MR) is 127 cm³/mol. The number of halogens is 1. The van der Waals surface area contributed by atoms with E-state index in [0.717, 1.165) is 16.8 Å². The van der Waals surface area contributed by atoms with Gasteiger partial charge < -0.3 is 14.8 Å². The lowest BCUT2D eigenvalue weighted by molar-refractivity contribution is -0.115. The molecular formula is C24H22ClN3O3S. The highest BCUT2D eigenvalue weighted by molar-refractivity contribution is 8.00. The van der Waals surface area contributed by atoms with E-state index in [-0.39, 0.29) is 5.91 Å². The minimum atomic E-state index is -0.664. The molecule has 8 heteroatoms. The fourth-order valence-electron chi connectivity index (χ4n) is 3.19. The van der Waals surface area contributed by atoms with E-state index in [2.05, 4.69) is 16.4 Å². The van der Waals surface area contributed by atoms with Gasteiger partial charge in [-0.15, -0.1) is 0 Å². The normalized spacial score (nSPS) is 11.4. The van der Waals surface area contributed by atoms with E-state index in [1.807, 2.05) is 50.2 Å². The Kier molecular flexibility index (Phi) is 7.62. The third kappa shape index (κ3) is 5.16. The zero-order valence-electron chi connectivity index (χ0n) is 18.1. The Bertz CT molecular complexity index is 1180. The Morgan fingerprint density at radius 3 is 2.44 bits per heavy atom. The summed E-state index contributed by atoms with van der Waals surface area (Å²) in [4.78, 5) is 18.0. The first-order valence-electron chi connectivity index (χ1n) is 9.70. The van der Waals surface area contributed by atoms with Gasteiger partial charge in [0.05, 0.1) is 30.5 Å². The maximum atomic E-state index is 13.5. The van der Waals surface area contributed by atoms with E-state index in [4.69, 9.17) is 21.1 Å². The summed E-state index contributed by atoms with van der Waals surface area (Å²) in [5, 5.41) is 12.8. The lowest BCUT2D eigenvalue weighted by Gasteiger charge is -2.19. The number of carbonyl (C=O) groups is 1. The lowest BCUT2D eigenvalue weighted by Crippen LogP contribution is -2.20. The maximum Gasteiger partial charge on any atom is 0.242 e. The molecule has 3 rings (SSSR count). The molecule has 164 valence electrons. The molecule has 2 aromatic carbocycles. The van der Waals surface area contributed by atoms with Crippen molar-refractivity contribution in [3.05, 3.63) is 75.9 Å². The van der Waals surface area contributed by atoms with Crippen molar-refractivity contribution < 1.29 is 14.3 Å². The first kappa shape index (κ1) is 23.5. The molecule has 1 atom stereocenters. The van der Waals surface area contributed by atoms with E-state index >= 15 is 0 Å². The average molecular weight is 468 g/mol. The fraction of sp³-hybridized carbons (Fsp3) is 0.208. The summed E-state index contributed by atoms with van der Waals surface area (Å²) in [5.41, 5.74) is 3.26. The van der Waals surface area contributed by atoms with E-state index < -0.39 is 5.25 Å². The number of carbonyl (C=O) groups excluding carboxylic acids is 1. The quantitative estimate of drug-likeness (QED) is 0.448. The summed E-state index contributed by atoms with van der Waals surface area (Å²) in [6.07, 6.45) is 0. The number of nitrogens with zero attached hydrogens (tertiary/aromatic N) is 2. The molecule has 1 amide bonds. The number of nitriles is 1. The number of rotatable bonds is 7. The van der Waals surface area contributed by atoms with Gasteiger partial charge in [0.15, 0.2) is 0 Å². The van der Waals surface area contributed by atoms with Crippen LogP contribution in [0.4, 0.5) is 5.69 Å². The number of ether oxygens (including phenoxy) is 2. The second-order valence-corrected chi connectivity index (χ2v) is 8.46. The van der Waals surface area contributed by atoms with Gasteiger partial charge in [-0.25, -0.2) is 4.98 Å². The number of amides is 1. The van der Waals surface area contributed by atoms with Crippen LogP contribution in [0.15, 0.2) is 53.6 Å². The molecule has 1 N–H and O–H groups in total. The molecular weight excluding hydrogens is 446 g/mol. The van der Waals surface area contributed by atoms with Gasteiger partial charge in [0.25, 0.3) is 0 Å². The summed E-state index contributed by atoms with van der Waals surface area (Å²) in [7, 11) is 2.99. The number of thioether (sulfide) groups is 1. The van der Waals surface area contributed by atoms with Gasteiger partial charge >= 0.3 is 0 Å². The molecule has 1 aromatic heterocycles. The standard InChI is InChI=1S/C24H22ClN3O3S/c1-14-10-15(2)27-24(17(14)13-26)32-22(16-8-6-5-7-9-16)23(29)28-19-12-20(30-3)18(25)11-21(19)31-4/h5-12,22H,1-4H3,(H,28,29)/t22-/m1/s1. The Hall–Kier alpha value is -3.21. The third-order valence-electron chi connectivity index (χ3n) is 4.73. The molecule has 0 saturated carbocycles. The summed E-state index contributed by atoms with van der Waals surface area (Å²) in [6.45, 7) is 3.72. The number of pyridine rings is 1. The van der Waals surface area contributed by atoms with Crippen molar-refractivity contribution in [2.24, 2.45) is 0 Å². The van der Waals surface area contributed by atoms with Crippen LogP contribution in [-0.2, 0) is 4.79 Å². The zero-order valence-corrected chi connectivity index (χ0v) is 19.7. The maximum absolute atomic E-state index is 13.5. The Balaban J connectivity index is 2.02. The van der Waals surface area contributed by atoms with Crippen LogP contribution in [-0.4, -0.2) is 25.1 Å². The molecule has 0 saturated heterocycles. The molecule has 6 nitrogen and oxygen atoms in total. The monoisotopic (exact) mass is 467 g/mol. The number of methoxy groups -OCH3 is 2. The highest BCUT2D eigenvalue weighted by Crippen LogP contribution is 2.40. The molecule has 1 heterocycles. The van der Waals surface area contributed by atoms with Gasteiger partial charge in [-0.3, -0.25) is 4.79 Å². The zero-order chi connectivity index (χ0) is 23.3. The second kappa shape index (κ2) is 10.4. The van der Waals surface area contributed by atoms with Crippen LogP contribution in [0.5, 0.6) is 11.5 Å². The minimum absolute atomic E-state index is 0.297. The molecule has 0 aliphatic heterocycles. The van der Waals surface area contributed by atoms with Gasteiger partial charge in [-0.2, -0.15) is 5.26 Å². The molecule has 0 radical (unpaired) electrons. The minimum Gasteiger partial charge on any atom is -0.495 e. The Morgan fingerprint density at radius 1 is 1.12 bits per heavy atom. The number of anilines is 1. The van der Waals surface area contributed by atoms with Crippen LogP contribution in [0.3, 0.4) is 0 Å². The van der Waals surface area contributed by atoms with Crippen molar-refractivity contribution >= 4 is 35.0 Å². The summed E-state index contributed by atoms with van der Waals surface area (Å²) < 4.78 is 10.7. The molecule has 0 fully saturated rings. The van der Waals surface area contributed by atoms with Crippen molar-refractivity contribution in [1.29, 1.82) is 5.26 Å². The largest absolute Gasteiger partial charge is 0.495 e. The number of nitrogens with one attached hydrogen (secondary N) is 1. The van der Waals surface area contributed by atoms with Crippen molar-refractivity contribution in [2.75, 3.05) is 19.5 Å². The van der Waals surface area contributed by atoms with E-state index in [1.54, 1.807) is 12.1 Å². The number of aryl methyl sites for hydroxylation is 2. The number of aromatic nitrogens is 1. The van der Waals surface area contributed by atoms with Crippen LogP contribution >= 0.6 is 23.4 Å². The molecule has 0 aliphatic carbocycles. The smallest absolute Gasteiger partial charge is 0.242 e. The average Bonchev–Trinajstić information content (AvgIpc) is 2.78. The second-order valence-electron chi connectivity index (χ2n) is 6.96. The molecule has 0 unspecified atom stereocenters. The first-order chi connectivity index (χ1) is 15.4. The highest BCUT2D eigenvalue weighted by Gasteiger charge is 2.26. The summed E-state index contributed by atoms with van der Waals surface area (Å²) in [6, 6.07) is 16.6.